The van der Waals surface area contributed by atoms with Gasteiger partial charge in [0, 0.05) is 6.42 Å². The Morgan fingerprint density at radius 3 is 2.62 bits per heavy atom. The number of carbonyl (C=O) groups excluding carboxylic acids is 1. The maximum Gasteiger partial charge on any atom is 0.308 e. The molecule has 0 aromatic carbocycles. The first-order chi connectivity index (χ1) is 7.24. The highest BCUT2D eigenvalue weighted by Crippen LogP contribution is 2.35. The minimum absolute atomic E-state index is 0.134. The molecule has 0 aromatic heterocycles. The molecule has 94 valence electrons. The lowest BCUT2D eigenvalue weighted by Gasteiger charge is -2.30. The molecular weight excluding hydrogens is 208 g/mol. The van der Waals surface area contributed by atoms with E-state index in [4.69, 9.17) is 9.47 Å². The lowest BCUT2D eigenvalue weighted by Crippen LogP contribution is -2.32. The number of hydrogen-bond donors (Lipinski definition) is 0. The first-order valence-corrected chi connectivity index (χ1v) is 5.63. The number of carbonyl (C=O) groups is 1. The Bertz CT molecular complexity index is 256. The van der Waals surface area contributed by atoms with Crippen LogP contribution in [0, 0.1) is 5.41 Å². The van der Waals surface area contributed by atoms with Crippen LogP contribution in [0.25, 0.3) is 0 Å². The molecule has 0 bridgehead atoms. The molecule has 2 unspecified atom stereocenters. The van der Waals surface area contributed by atoms with Crippen molar-refractivity contribution in [3.05, 3.63) is 0 Å². The normalized spacial score (nSPS) is 30.4. The summed E-state index contributed by atoms with van der Waals surface area (Å²) in [6.07, 6.45) is 0.883. The fourth-order valence-corrected chi connectivity index (χ4v) is 2.12. The minimum atomic E-state index is -0.572. The second-order valence-corrected chi connectivity index (χ2v) is 5.70. The third-order valence-electron chi connectivity index (χ3n) is 2.46. The predicted octanol–water partition coefficient (Wildman–Crippen LogP) is 2.12. The highest BCUT2D eigenvalue weighted by molar-refractivity contribution is 5.69. The van der Waals surface area contributed by atoms with Gasteiger partial charge in [0.1, 0.15) is 0 Å². The van der Waals surface area contributed by atoms with Crippen molar-refractivity contribution in [1.29, 1.82) is 0 Å². The first kappa shape index (κ1) is 13.5. The fraction of sp³-hybridized carbons (Fsp3) is 0.917. The molecule has 0 radical (unpaired) electrons. The molecule has 1 rings (SSSR count). The van der Waals surface area contributed by atoms with E-state index in [0.29, 0.717) is 6.61 Å². The maximum absolute atomic E-state index is 11.1. The average Bonchev–Trinajstić information content (AvgIpc) is 2.43. The largest absolute Gasteiger partial charge is 0.469 e. The molecular formula is C12H22O4. The molecule has 0 spiro atoms. The summed E-state index contributed by atoms with van der Waals surface area (Å²) >= 11 is 0. The molecule has 1 heterocycles. The first-order valence-electron chi connectivity index (χ1n) is 5.63. The van der Waals surface area contributed by atoms with Gasteiger partial charge in [0.15, 0.2) is 5.79 Å². The van der Waals surface area contributed by atoms with Gasteiger partial charge in [0.25, 0.3) is 0 Å². The van der Waals surface area contributed by atoms with Crippen molar-refractivity contribution in [2.75, 3.05) is 13.7 Å². The van der Waals surface area contributed by atoms with Gasteiger partial charge in [0.2, 0.25) is 0 Å². The summed E-state index contributed by atoms with van der Waals surface area (Å²) in [7, 11) is 1.38. The van der Waals surface area contributed by atoms with Crippen LogP contribution < -0.4 is 0 Å². The maximum atomic E-state index is 11.1. The Morgan fingerprint density at radius 2 is 2.12 bits per heavy atom. The summed E-state index contributed by atoms with van der Waals surface area (Å²) in [4.78, 5) is 11.1. The van der Waals surface area contributed by atoms with Crippen LogP contribution in [0.1, 0.15) is 40.5 Å². The third kappa shape index (κ3) is 4.10. The van der Waals surface area contributed by atoms with E-state index in [1.54, 1.807) is 0 Å². The van der Waals surface area contributed by atoms with E-state index in [9.17, 15) is 4.79 Å². The van der Waals surface area contributed by atoms with Crippen molar-refractivity contribution in [3.63, 3.8) is 0 Å². The number of hydrogen-bond acceptors (Lipinski definition) is 4. The molecule has 4 nitrogen and oxygen atoms in total. The zero-order chi connectivity index (χ0) is 12.4. The highest BCUT2D eigenvalue weighted by atomic mass is 16.7. The van der Waals surface area contributed by atoms with Gasteiger partial charge in [-0.15, -0.1) is 0 Å². The van der Waals surface area contributed by atoms with Gasteiger partial charge in [0.05, 0.1) is 26.2 Å². The van der Waals surface area contributed by atoms with E-state index in [0.717, 1.165) is 6.42 Å². The predicted molar refractivity (Wildman–Crippen MR) is 59.9 cm³/mol. The molecule has 16 heavy (non-hydrogen) atoms. The van der Waals surface area contributed by atoms with Crippen LogP contribution in [0.5, 0.6) is 0 Å². The molecule has 1 fully saturated rings. The van der Waals surface area contributed by atoms with Crippen molar-refractivity contribution in [2.45, 2.75) is 52.4 Å². The van der Waals surface area contributed by atoms with Crippen LogP contribution in [0.15, 0.2) is 0 Å². The van der Waals surface area contributed by atoms with Crippen molar-refractivity contribution >= 4 is 5.97 Å². The van der Waals surface area contributed by atoms with Crippen molar-refractivity contribution in [2.24, 2.45) is 5.41 Å². The lowest BCUT2D eigenvalue weighted by molar-refractivity contribution is -0.175. The van der Waals surface area contributed by atoms with Gasteiger partial charge < -0.3 is 14.2 Å². The molecule has 1 aliphatic rings. The molecule has 0 aromatic rings. The molecule has 4 heteroatoms. The summed E-state index contributed by atoms with van der Waals surface area (Å²) in [6.45, 7) is 8.80. The smallest absolute Gasteiger partial charge is 0.308 e. The van der Waals surface area contributed by atoms with Gasteiger partial charge in [-0.3, -0.25) is 4.79 Å². The lowest BCUT2D eigenvalue weighted by atomic mass is 9.88. The van der Waals surface area contributed by atoms with Crippen molar-refractivity contribution in [3.8, 4) is 0 Å². The van der Waals surface area contributed by atoms with Crippen LogP contribution in [0.3, 0.4) is 0 Å². The molecule has 0 N–H and O–H groups in total. The monoisotopic (exact) mass is 230 g/mol. The van der Waals surface area contributed by atoms with E-state index in [-0.39, 0.29) is 23.9 Å². The summed E-state index contributed by atoms with van der Waals surface area (Å²) < 4.78 is 16.0. The Kier molecular flexibility index (Phi) is 3.97. The summed E-state index contributed by atoms with van der Waals surface area (Å²) in [5, 5.41) is 0. The number of rotatable bonds is 3. The Morgan fingerprint density at radius 1 is 1.50 bits per heavy atom. The van der Waals surface area contributed by atoms with Gasteiger partial charge in [-0.25, -0.2) is 0 Å². The van der Waals surface area contributed by atoms with E-state index in [1.165, 1.54) is 7.11 Å². The second-order valence-electron chi connectivity index (χ2n) is 5.70. The SMILES string of the molecule is COC(=O)CC1COC(C)(CC(C)(C)C)O1. The number of esters is 1. The summed E-state index contributed by atoms with van der Waals surface area (Å²) in [6, 6.07) is 0. The topological polar surface area (TPSA) is 44.8 Å². The Labute approximate surface area is 97.2 Å². The average molecular weight is 230 g/mol. The molecule has 1 saturated heterocycles. The molecule has 0 aliphatic carbocycles. The fourth-order valence-electron chi connectivity index (χ4n) is 2.12. The Balaban J connectivity index is 2.47. The zero-order valence-electron chi connectivity index (χ0n) is 10.8. The second kappa shape index (κ2) is 4.72. The van der Waals surface area contributed by atoms with Crippen molar-refractivity contribution in [1.82, 2.24) is 0 Å². The van der Waals surface area contributed by atoms with Gasteiger partial charge >= 0.3 is 5.97 Å². The van der Waals surface area contributed by atoms with Crippen molar-refractivity contribution < 1.29 is 19.0 Å². The number of ether oxygens (including phenoxy) is 3. The summed E-state index contributed by atoms with van der Waals surface area (Å²) in [5.41, 5.74) is 0.134. The van der Waals surface area contributed by atoms with Gasteiger partial charge in [-0.1, -0.05) is 20.8 Å². The van der Waals surface area contributed by atoms with Crippen LogP contribution >= 0.6 is 0 Å². The van der Waals surface area contributed by atoms with Crippen LogP contribution in [-0.4, -0.2) is 31.6 Å². The summed E-state index contributed by atoms with van der Waals surface area (Å²) in [5.74, 6) is -0.828. The molecule has 2 atom stereocenters. The number of methoxy groups -OCH3 is 1. The minimum Gasteiger partial charge on any atom is -0.469 e. The van der Waals surface area contributed by atoms with E-state index in [2.05, 4.69) is 25.5 Å². The van der Waals surface area contributed by atoms with Gasteiger partial charge in [-0.05, 0) is 12.3 Å². The Hall–Kier alpha value is -0.610. The highest BCUT2D eigenvalue weighted by Gasteiger charge is 2.40. The zero-order valence-corrected chi connectivity index (χ0v) is 10.8. The van der Waals surface area contributed by atoms with E-state index < -0.39 is 5.79 Å². The molecule has 0 saturated carbocycles. The van der Waals surface area contributed by atoms with Crippen LogP contribution in [0.4, 0.5) is 0 Å². The van der Waals surface area contributed by atoms with Crippen LogP contribution in [0.2, 0.25) is 0 Å². The van der Waals surface area contributed by atoms with Crippen LogP contribution in [-0.2, 0) is 19.0 Å². The standard InChI is InChI=1S/C12H22O4/c1-11(2,3)8-12(4)15-7-9(16-12)6-10(13)14-5/h9H,6-8H2,1-5H3. The third-order valence-corrected chi connectivity index (χ3v) is 2.46. The van der Waals surface area contributed by atoms with Gasteiger partial charge in [-0.2, -0.15) is 0 Å². The van der Waals surface area contributed by atoms with E-state index in [1.807, 2.05) is 6.92 Å². The quantitative estimate of drug-likeness (QED) is 0.697. The molecule has 0 amide bonds. The molecule has 1 aliphatic heterocycles. The van der Waals surface area contributed by atoms with E-state index >= 15 is 0 Å².